The van der Waals surface area contributed by atoms with E-state index in [4.69, 9.17) is 0 Å². The van der Waals surface area contributed by atoms with Gasteiger partial charge in [0.15, 0.2) is 0 Å². The Balaban J connectivity index is 2.24. The highest BCUT2D eigenvalue weighted by Crippen LogP contribution is 2.37. The largest absolute Gasteiger partial charge is 0.390 e. The fourth-order valence-electron chi connectivity index (χ4n) is 3.95. The van der Waals surface area contributed by atoms with Crippen LogP contribution < -0.4 is 11.2 Å². The molecule has 1 amide bonds. The summed E-state index contributed by atoms with van der Waals surface area (Å²) in [6, 6.07) is 0. The van der Waals surface area contributed by atoms with Crippen molar-refractivity contribution in [3.63, 3.8) is 0 Å². The van der Waals surface area contributed by atoms with Gasteiger partial charge in [0.25, 0.3) is 17.9 Å². The maximum atomic E-state index is 14.2. The second kappa shape index (κ2) is 9.40. The number of nitrogens with zero attached hydrogens (tertiary/aromatic N) is 3. The lowest BCUT2D eigenvalue weighted by molar-refractivity contribution is -0.136. The van der Waals surface area contributed by atoms with E-state index in [1.807, 2.05) is 0 Å². The van der Waals surface area contributed by atoms with Crippen LogP contribution in [-0.4, -0.2) is 49.9 Å². The van der Waals surface area contributed by atoms with Crippen LogP contribution in [0.3, 0.4) is 0 Å². The summed E-state index contributed by atoms with van der Waals surface area (Å²) in [5.41, 5.74) is -3.97. The lowest BCUT2D eigenvalue weighted by Crippen LogP contribution is -2.45. The second-order valence-electron chi connectivity index (χ2n) is 9.22. The lowest BCUT2D eigenvalue weighted by Gasteiger charge is -2.35. The van der Waals surface area contributed by atoms with Gasteiger partial charge in [0, 0.05) is 26.2 Å². The van der Waals surface area contributed by atoms with E-state index < -0.39 is 64.2 Å². The van der Waals surface area contributed by atoms with Gasteiger partial charge in [0.1, 0.15) is 9.71 Å². The quantitative estimate of drug-likeness (QED) is 0.599. The number of aryl methyl sites for hydroxylation is 1. The first-order valence-electron chi connectivity index (χ1n) is 10.8. The van der Waals surface area contributed by atoms with Crippen molar-refractivity contribution >= 4 is 27.5 Å². The van der Waals surface area contributed by atoms with E-state index >= 15 is 0 Å². The predicted molar refractivity (Wildman–Crippen MR) is 117 cm³/mol. The second-order valence-corrected chi connectivity index (χ2v) is 10.2. The maximum absolute atomic E-state index is 14.2. The van der Waals surface area contributed by atoms with Crippen LogP contribution in [0.15, 0.2) is 9.59 Å². The molecule has 0 aromatic carbocycles. The number of hydrogen-bond donors (Lipinski definition) is 1. The molecular weight excluding hydrogens is 485 g/mol. The van der Waals surface area contributed by atoms with Gasteiger partial charge in [-0.2, -0.15) is 13.2 Å². The van der Waals surface area contributed by atoms with Crippen LogP contribution in [0.25, 0.3) is 10.2 Å². The molecule has 190 valence electrons. The molecule has 0 unspecified atom stereocenters. The third-order valence-corrected chi connectivity index (χ3v) is 7.02. The van der Waals surface area contributed by atoms with Gasteiger partial charge in [-0.3, -0.25) is 18.7 Å². The van der Waals surface area contributed by atoms with Gasteiger partial charge >= 0.3 is 11.9 Å². The molecule has 0 aliphatic carbocycles. The molecule has 0 spiro atoms. The summed E-state index contributed by atoms with van der Waals surface area (Å²) >= 11 is 0.436. The monoisotopic (exact) mass is 511 g/mol. The minimum Gasteiger partial charge on any atom is -0.390 e. The molecule has 1 fully saturated rings. The molecule has 0 saturated carbocycles. The fraction of sp³-hybridized carbons (Fsp3) is 0.667. The normalized spacial score (nSPS) is 16.7. The van der Waals surface area contributed by atoms with Crippen molar-refractivity contribution in [2.24, 2.45) is 5.92 Å². The number of carbonyl (C=O) groups excluding carboxylic acids is 1. The number of aliphatic hydroxyl groups is 1. The summed E-state index contributed by atoms with van der Waals surface area (Å²) in [5, 5.41) is 9.50. The van der Waals surface area contributed by atoms with Crippen LogP contribution in [0.4, 0.5) is 22.0 Å². The number of halogens is 5. The minimum absolute atomic E-state index is 0.0845. The van der Waals surface area contributed by atoms with E-state index in [9.17, 15) is 41.4 Å². The number of thiophene rings is 1. The summed E-state index contributed by atoms with van der Waals surface area (Å²) < 4.78 is 68.5. The van der Waals surface area contributed by atoms with E-state index in [2.05, 4.69) is 0 Å². The van der Waals surface area contributed by atoms with Crippen LogP contribution in [-0.2, 0) is 13.1 Å². The van der Waals surface area contributed by atoms with Crippen molar-refractivity contribution in [2.45, 2.75) is 71.3 Å². The molecule has 1 saturated heterocycles. The van der Waals surface area contributed by atoms with Crippen molar-refractivity contribution in [1.29, 1.82) is 0 Å². The van der Waals surface area contributed by atoms with Gasteiger partial charge in [0.05, 0.1) is 23.0 Å². The standard InChI is InChI=1S/C21H26F5N3O4S/c1-11(2)10-29-16(30)13-12(15(22)23)14(17(31)27-7-4-20(3,33)5-8-27)34-18(13)28(19(29)32)9-6-21(24,25)26/h11,15,33H,4-10H2,1-3H3. The molecule has 3 rings (SSSR count). The topological polar surface area (TPSA) is 84.5 Å². The van der Waals surface area contributed by atoms with Gasteiger partial charge in [-0.05, 0) is 25.7 Å². The Morgan fingerprint density at radius 1 is 1.15 bits per heavy atom. The fourth-order valence-corrected chi connectivity index (χ4v) is 5.24. The van der Waals surface area contributed by atoms with E-state index in [1.54, 1.807) is 20.8 Å². The molecule has 0 bridgehead atoms. The Morgan fingerprint density at radius 3 is 2.24 bits per heavy atom. The molecule has 1 N–H and O–H groups in total. The van der Waals surface area contributed by atoms with Crippen molar-refractivity contribution in [2.75, 3.05) is 13.1 Å². The van der Waals surface area contributed by atoms with Crippen molar-refractivity contribution in [3.8, 4) is 0 Å². The lowest BCUT2D eigenvalue weighted by atomic mass is 9.93. The number of piperidine rings is 1. The van der Waals surface area contributed by atoms with Crippen molar-refractivity contribution < 1.29 is 31.9 Å². The minimum atomic E-state index is -4.63. The molecule has 1 aliphatic heterocycles. The number of alkyl halides is 5. The number of amides is 1. The number of fused-ring (bicyclic) bond motifs is 1. The molecular formula is C21H26F5N3O4S. The number of rotatable bonds is 6. The van der Waals surface area contributed by atoms with E-state index in [-0.39, 0.29) is 43.2 Å². The van der Waals surface area contributed by atoms with Gasteiger partial charge in [0.2, 0.25) is 0 Å². The molecule has 34 heavy (non-hydrogen) atoms. The van der Waals surface area contributed by atoms with Gasteiger partial charge in [-0.25, -0.2) is 13.6 Å². The first-order valence-corrected chi connectivity index (χ1v) is 11.6. The molecule has 3 heterocycles. The third kappa shape index (κ3) is 5.35. The summed E-state index contributed by atoms with van der Waals surface area (Å²) in [7, 11) is 0. The molecule has 1 aliphatic rings. The smallest absolute Gasteiger partial charge is 0.390 e. The first-order chi connectivity index (χ1) is 15.6. The number of aromatic nitrogens is 2. The zero-order valence-corrected chi connectivity index (χ0v) is 19.7. The Labute approximate surface area is 195 Å². The Morgan fingerprint density at radius 2 is 1.74 bits per heavy atom. The summed E-state index contributed by atoms with van der Waals surface area (Å²) in [5.74, 6) is -1.08. The zero-order valence-electron chi connectivity index (χ0n) is 18.9. The average molecular weight is 512 g/mol. The highest BCUT2D eigenvalue weighted by atomic mass is 32.1. The van der Waals surface area contributed by atoms with Crippen LogP contribution in [0.5, 0.6) is 0 Å². The van der Waals surface area contributed by atoms with E-state index in [0.717, 1.165) is 0 Å². The zero-order chi connectivity index (χ0) is 25.6. The number of hydrogen-bond acceptors (Lipinski definition) is 5. The highest BCUT2D eigenvalue weighted by Gasteiger charge is 2.36. The number of carbonyl (C=O) groups is 1. The summed E-state index contributed by atoms with van der Waals surface area (Å²) in [6.45, 7) is 4.04. The van der Waals surface area contributed by atoms with Gasteiger partial charge in [-0.15, -0.1) is 11.3 Å². The average Bonchev–Trinajstić information content (AvgIpc) is 3.10. The van der Waals surface area contributed by atoms with E-state index in [1.165, 1.54) is 4.90 Å². The van der Waals surface area contributed by atoms with Crippen molar-refractivity contribution in [1.82, 2.24) is 14.0 Å². The number of likely N-dealkylation sites (tertiary alicyclic amines) is 1. The molecule has 2 aromatic rings. The third-order valence-electron chi connectivity index (χ3n) is 5.80. The van der Waals surface area contributed by atoms with Crippen LogP contribution >= 0.6 is 11.3 Å². The molecule has 7 nitrogen and oxygen atoms in total. The maximum Gasteiger partial charge on any atom is 0.390 e. The molecule has 0 radical (unpaired) electrons. The Bertz CT molecular complexity index is 1190. The predicted octanol–water partition coefficient (Wildman–Crippen LogP) is 3.76. The molecule has 13 heteroatoms. The summed E-state index contributed by atoms with van der Waals surface area (Å²) in [4.78, 5) is 39.6. The Hall–Kier alpha value is -2.28. The van der Waals surface area contributed by atoms with Gasteiger partial charge < -0.3 is 10.0 Å². The van der Waals surface area contributed by atoms with Crippen LogP contribution in [0, 0.1) is 5.92 Å². The first kappa shape index (κ1) is 26.3. The summed E-state index contributed by atoms with van der Waals surface area (Å²) in [6.07, 6.45) is -8.88. The Kier molecular flexibility index (Phi) is 7.28. The van der Waals surface area contributed by atoms with Crippen molar-refractivity contribution in [3.05, 3.63) is 31.3 Å². The molecule has 2 aromatic heterocycles. The SMILES string of the molecule is CC(C)Cn1c(=O)c2c(C(F)F)c(C(=O)N3CCC(C)(O)CC3)sc2n(CCC(F)(F)F)c1=O. The molecule has 0 atom stereocenters. The van der Waals surface area contributed by atoms with Crippen LogP contribution in [0.1, 0.15) is 61.7 Å². The van der Waals surface area contributed by atoms with Gasteiger partial charge in [-0.1, -0.05) is 13.8 Å². The van der Waals surface area contributed by atoms with Crippen LogP contribution in [0.2, 0.25) is 0 Å². The highest BCUT2D eigenvalue weighted by molar-refractivity contribution is 7.20. The van der Waals surface area contributed by atoms with E-state index in [0.29, 0.717) is 20.5 Å².